The predicted octanol–water partition coefficient (Wildman–Crippen LogP) is 2.95. The van der Waals surface area contributed by atoms with Crippen molar-refractivity contribution in [3.05, 3.63) is 27.7 Å². The fourth-order valence-corrected chi connectivity index (χ4v) is 2.78. The highest BCUT2D eigenvalue weighted by Crippen LogP contribution is 2.25. The summed E-state index contributed by atoms with van der Waals surface area (Å²) in [5.41, 5.74) is 0.810. The molecule has 0 aliphatic heterocycles. The summed E-state index contributed by atoms with van der Waals surface area (Å²) >= 11 is 9.21. The molecule has 16 heavy (non-hydrogen) atoms. The standard InChI is InChI=1S/C10H13BrClNO2S/c1-7(6-16(2,14)15)13-8-3-4-9(11)10(12)5-8/h3-5,7,13H,6H2,1-2H3. The molecule has 0 aromatic heterocycles. The van der Waals surface area contributed by atoms with E-state index in [1.807, 2.05) is 19.1 Å². The van der Waals surface area contributed by atoms with Crippen molar-refractivity contribution in [2.24, 2.45) is 0 Å². The third kappa shape index (κ3) is 4.72. The topological polar surface area (TPSA) is 46.2 Å². The minimum atomic E-state index is -2.97. The number of hydrogen-bond acceptors (Lipinski definition) is 3. The lowest BCUT2D eigenvalue weighted by Gasteiger charge is -2.14. The van der Waals surface area contributed by atoms with Crippen LogP contribution in [0, 0.1) is 0 Å². The zero-order valence-electron chi connectivity index (χ0n) is 9.00. The molecular formula is C10H13BrClNO2S. The van der Waals surface area contributed by atoms with Gasteiger partial charge in [-0.25, -0.2) is 8.42 Å². The van der Waals surface area contributed by atoms with Crippen molar-refractivity contribution < 1.29 is 8.42 Å². The monoisotopic (exact) mass is 325 g/mol. The van der Waals surface area contributed by atoms with Gasteiger partial charge in [-0.3, -0.25) is 0 Å². The number of hydrogen-bond donors (Lipinski definition) is 1. The molecule has 0 spiro atoms. The summed E-state index contributed by atoms with van der Waals surface area (Å²) in [6, 6.07) is 5.27. The summed E-state index contributed by atoms with van der Waals surface area (Å²) in [6.07, 6.45) is 1.22. The summed E-state index contributed by atoms with van der Waals surface area (Å²) in [7, 11) is -2.97. The second kappa shape index (κ2) is 5.38. The number of anilines is 1. The molecule has 0 saturated carbocycles. The molecule has 1 atom stereocenters. The molecule has 3 nitrogen and oxygen atoms in total. The molecule has 0 bridgehead atoms. The Morgan fingerprint density at radius 2 is 2.12 bits per heavy atom. The van der Waals surface area contributed by atoms with Gasteiger partial charge in [-0.05, 0) is 41.1 Å². The zero-order chi connectivity index (χ0) is 12.3. The van der Waals surface area contributed by atoms with Gasteiger partial charge in [0, 0.05) is 22.5 Å². The Hall–Kier alpha value is -0.260. The van der Waals surface area contributed by atoms with Crippen molar-refractivity contribution in [1.29, 1.82) is 0 Å². The Balaban J connectivity index is 2.70. The van der Waals surface area contributed by atoms with Crippen LogP contribution in [0.5, 0.6) is 0 Å². The Bertz CT molecular complexity index is 476. The van der Waals surface area contributed by atoms with Crippen LogP contribution in [0.1, 0.15) is 6.92 Å². The molecule has 0 aliphatic carbocycles. The highest BCUT2D eigenvalue weighted by Gasteiger charge is 2.10. The minimum absolute atomic E-state index is 0.0979. The molecule has 1 rings (SSSR count). The number of halogens is 2. The van der Waals surface area contributed by atoms with Gasteiger partial charge in [0.2, 0.25) is 0 Å². The van der Waals surface area contributed by atoms with Crippen molar-refractivity contribution in [2.75, 3.05) is 17.3 Å². The number of sulfone groups is 1. The van der Waals surface area contributed by atoms with E-state index >= 15 is 0 Å². The van der Waals surface area contributed by atoms with Gasteiger partial charge in [-0.2, -0.15) is 0 Å². The van der Waals surface area contributed by atoms with Crippen molar-refractivity contribution in [2.45, 2.75) is 13.0 Å². The van der Waals surface area contributed by atoms with Gasteiger partial charge < -0.3 is 5.32 Å². The van der Waals surface area contributed by atoms with Crippen molar-refractivity contribution in [1.82, 2.24) is 0 Å². The molecule has 1 unspecified atom stereocenters. The van der Waals surface area contributed by atoms with Crippen LogP contribution in [0.25, 0.3) is 0 Å². The summed E-state index contributed by atoms with van der Waals surface area (Å²) in [6.45, 7) is 1.82. The van der Waals surface area contributed by atoms with Crippen LogP contribution in [0.2, 0.25) is 5.02 Å². The lowest BCUT2D eigenvalue weighted by molar-refractivity contribution is 0.598. The summed E-state index contributed by atoms with van der Waals surface area (Å²) in [4.78, 5) is 0. The number of benzene rings is 1. The fourth-order valence-electron chi connectivity index (χ4n) is 1.37. The van der Waals surface area contributed by atoms with Gasteiger partial charge in [0.25, 0.3) is 0 Å². The van der Waals surface area contributed by atoms with Crippen LogP contribution in [0.4, 0.5) is 5.69 Å². The second-order valence-electron chi connectivity index (χ2n) is 3.77. The molecule has 0 radical (unpaired) electrons. The SMILES string of the molecule is CC(CS(C)(=O)=O)Nc1ccc(Br)c(Cl)c1. The van der Waals surface area contributed by atoms with Crippen LogP contribution < -0.4 is 5.32 Å². The van der Waals surface area contributed by atoms with Crippen molar-refractivity contribution >= 4 is 43.1 Å². The first-order valence-corrected chi connectivity index (χ1v) is 7.90. The summed E-state index contributed by atoms with van der Waals surface area (Å²) in [5.74, 6) is 0.0979. The zero-order valence-corrected chi connectivity index (χ0v) is 12.2. The van der Waals surface area contributed by atoms with Crippen LogP contribution in [-0.4, -0.2) is 26.5 Å². The molecule has 0 heterocycles. The lowest BCUT2D eigenvalue weighted by atomic mass is 10.3. The second-order valence-corrected chi connectivity index (χ2v) is 7.21. The highest BCUT2D eigenvalue weighted by molar-refractivity contribution is 9.10. The molecule has 0 fully saturated rings. The lowest BCUT2D eigenvalue weighted by Crippen LogP contribution is -2.24. The van der Waals surface area contributed by atoms with E-state index in [4.69, 9.17) is 11.6 Å². The van der Waals surface area contributed by atoms with Crippen LogP contribution in [-0.2, 0) is 9.84 Å². The maximum atomic E-state index is 11.1. The van der Waals surface area contributed by atoms with E-state index in [1.54, 1.807) is 6.07 Å². The van der Waals surface area contributed by atoms with Gasteiger partial charge >= 0.3 is 0 Å². The molecule has 0 saturated heterocycles. The Labute approximate surface area is 109 Å². The summed E-state index contributed by atoms with van der Waals surface area (Å²) < 4.78 is 23.0. The summed E-state index contributed by atoms with van der Waals surface area (Å²) in [5, 5.41) is 3.68. The van der Waals surface area contributed by atoms with Gasteiger partial charge in [0.1, 0.15) is 9.84 Å². The normalized spacial score (nSPS) is 13.5. The van der Waals surface area contributed by atoms with Crippen LogP contribution in [0.15, 0.2) is 22.7 Å². The minimum Gasteiger partial charge on any atom is -0.382 e. The Morgan fingerprint density at radius 3 is 2.62 bits per heavy atom. The molecule has 6 heteroatoms. The van der Waals surface area contributed by atoms with Gasteiger partial charge in [0.05, 0.1) is 10.8 Å². The van der Waals surface area contributed by atoms with Crippen molar-refractivity contribution in [3.63, 3.8) is 0 Å². The van der Waals surface area contributed by atoms with E-state index < -0.39 is 9.84 Å². The first-order chi connectivity index (χ1) is 7.28. The highest BCUT2D eigenvalue weighted by atomic mass is 79.9. The van der Waals surface area contributed by atoms with Gasteiger partial charge in [-0.15, -0.1) is 0 Å². The third-order valence-corrected chi connectivity index (χ3v) is 4.22. The van der Waals surface area contributed by atoms with E-state index in [9.17, 15) is 8.42 Å². The van der Waals surface area contributed by atoms with Crippen LogP contribution in [0.3, 0.4) is 0 Å². The molecular weight excluding hydrogens is 314 g/mol. The van der Waals surface area contributed by atoms with E-state index in [1.165, 1.54) is 6.26 Å². The predicted molar refractivity (Wildman–Crippen MR) is 71.9 cm³/mol. The van der Waals surface area contributed by atoms with E-state index in [0.29, 0.717) is 5.02 Å². The maximum Gasteiger partial charge on any atom is 0.149 e. The first-order valence-electron chi connectivity index (χ1n) is 4.67. The number of nitrogens with one attached hydrogen (secondary N) is 1. The average Bonchev–Trinajstić information content (AvgIpc) is 2.08. The Morgan fingerprint density at radius 1 is 1.50 bits per heavy atom. The smallest absolute Gasteiger partial charge is 0.149 e. The van der Waals surface area contributed by atoms with E-state index in [-0.39, 0.29) is 11.8 Å². The first kappa shape index (κ1) is 13.8. The van der Waals surface area contributed by atoms with E-state index in [2.05, 4.69) is 21.2 Å². The largest absolute Gasteiger partial charge is 0.382 e. The van der Waals surface area contributed by atoms with E-state index in [0.717, 1.165) is 10.2 Å². The van der Waals surface area contributed by atoms with Crippen LogP contribution >= 0.6 is 27.5 Å². The molecule has 1 aromatic rings. The molecule has 90 valence electrons. The molecule has 1 N–H and O–H groups in total. The van der Waals surface area contributed by atoms with Gasteiger partial charge in [0.15, 0.2) is 0 Å². The molecule has 0 aliphatic rings. The quantitative estimate of drug-likeness (QED) is 0.925. The number of rotatable bonds is 4. The molecule has 0 amide bonds. The molecule has 1 aromatic carbocycles. The van der Waals surface area contributed by atoms with Gasteiger partial charge in [-0.1, -0.05) is 11.6 Å². The Kier molecular flexibility index (Phi) is 4.64. The van der Waals surface area contributed by atoms with Crippen molar-refractivity contribution in [3.8, 4) is 0 Å². The maximum absolute atomic E-state index is 11.1. The third-order valence-electron chi connectivity index (χ3n) is 1.89. The average molecular weight is 327 g/mol. The fraction of sp³-hybridized carbons (Fsp3) is 0.400.